The van der Waals surface area contributed by atoms with E-state index in [-0.39, 0.29) is 5.91 Å². The van der Waals surface area contributed by atoms with Crippen LogP contribution in [0.5, 0.6) is 0 Å². The third-order valence-corrected chi connectivity index (χ3v) is 4.75. The molecule has 2 atom stereocenters. The molecule has 3 nitrogen and oxygen atoms in total. The number of hydrogen-bond donors (Lipinski definition) is 2. The monoisotopic (exact) mass is 278 g/mol. The van der Waals surface area contributed by atoms with Gasteiger partial charge in [0, 0.05) is 34.8 Å². The maximum absolute atomic E-state index is 11.9. The molecule has 1 aromatic rings. The lowest BCUT2D eigenvalue weighted by Crippen LogP contribution is -2.23. The summed E-state index contributed by atoms with van der Waals surface area (Å²) in [5.41, 5.74) is 3.01. The molecule has 1 aliphatic rings. The summed E-state index contributed by atoms with van der Waals surface area (Å²) in [7, 11) is 0. The largest absolute Gasteiger partial charge is 0.381 e. The van der Waals surface area contributed by atoms with Gasteiger partial charge in [-0.05, 0) is 38.0 Å². The van der Waals surface area contributed by atoms with Crippen LogP contribution in [0, 0.1) is 6.92 Å². The summed E-state index contributed by atoms with van der Waals surface area (Å²) in [5, 5.41) is 7.14. The molecule has 0 aliphatic carbocycles. The Morgan fingerprint density at radius 1 is 1.47 bits per heavy atom. The van der Waals surface area contributed by atoms with Crippen molar-refractivity contribution >= 4 is 23.4 Å². The second kappa shape index (κ2) is 6.33. The van der Waals surface area contributed by atoms with Gasteiger partial charge in [0.25, 0.3) is 5.91 Å². The Morgan fingerprint density at radius 2 is 2.26 bits per heavy atom. The predicted octanol–water partition coefficient (Wildman–Crippen LogP) is 3.05. The van der Waals surface area contributed by atoms with Crippen molar-refractivity contribution < 1.29 is 4.79 Å². The third-order valence-electron chi connectivity index (χ3n) is 3.40. The maximum Gasteiger partial charge on any atom is 0.251 e. The number of aryl methyl sites for hydroxylation is 1. The van der Waals surface area contributed by atoms with E-state index < -0.39 is 0 Å². The Hall–Kier alpha value is -1.16. The van der Waals surface area contributed by atoms with Crippen LogP contribution >= 0.6 is 11.8 Å². The molecule has 0 radical (unpaired) electrons. The summed E-state index contributed by atoms with van der Waals surface area (Å²) in [5.74, 6) is 1.14. The lowest BCUT2D eigenvalue weighted by Gasteiger charge is -2.16. The van der Waals surface area contributed by atoms with E-state index in [0.29, 0.717) is 12.6 Å². The Balaban J connectivity index is 2.10. The molecule has 1 saturated heterocycles. The summed E-state index contributed by atoms with van der Waals surface area (Å²) in [6.45, 7) is 6.94. The van der Waals surface area contributed by atoms with Gasteiger partial charge in [-0.2, -0.15) is 11.8 Å². The first kappa shape index (κ1) is 14.3. The molecule has 2 N–H and O–H groups in total. The molecule has 1 fully saturated rings. The zero-order valence-corrected chi connectivity index (χ0v) is 12.6. The summed E-state index contributed by atoms with van der Waals surface area (Å²) in [6.07, 6.45) is 1.19. The van der Waals surface area contributed by atoms with Gasteiger partial charge in [0.1, 0.15) is 0 Å². The van der Waals surface area contributed by atoms with Crippen LogP contribution in [0.25, 0.3) is 0 Å². The van der Waals surface area contributed by atoms with E-state index in [4.69, 9.17) is 0 Å². The van der Waals surface area contributed by atoms with Crippen LogP contribution in [-0.2, 0) is 0 Å². The molecule has 0 bridgehead atoms. The van der Waals surface area contributed by atoms with Gasteiger partial charge < -0.3 is 10.6 Å². The van der Waals surface area contributed by atoms with Gasteiger partial charge in [-0.15, -0.1) is 0 Å². The van der Waals surface area contributed by atoms with Crippen molar-refractivity contribution in [3.8, 4) is 0 Å². The number of nitrogens with one attached hydrogen (secondary N) is 2. The summed E-state index contributed by atoms with van der Waals surface area (Å²) >= 11 is 2.01. The highest BCUT2D eigenvalue weighted by Gasteiger charge is 2.22. The van der Waals surface area contributed by atoms with E-state index in [9.17, 15) is 4.79 Å². The van der Waals surface area contributed by atoms with Crippen molar-refractivity contribution in [3.63, 3.8) is 0 Å². The van der Waals surface area contributed by atoms with Crippen LogP contribution in [-0.4, -0.2) is 29.5 Å². The van der Waals surface area contributed by atoms with Crippen molar-refractivity contribution in [2.45, 2.75) is 38.5 Å². The summed E-state index contributed by atoms with van der Waals surface area (Å²) < 4.78 is 0. The fourth-order valence-corrected chi connectivity index (χ4v) is 3.47. The highest BCUT2D eigenvalue weighted by Crippen LogP contribution is 2.29. The first-order valence-electron chi connectivity index (χ1n) is 6.87. The topological polar surface area (TPSA) is 41.1 Å². The van der Waals surface area contributed by atoms with E-state index >= 15 is 0 Å². The molecule has 1 aliphatic heterocycles. The van der Waals surface area contributed by atoms with Crippen molar-refractivity contribution in [2.75, 3.05) is 17.6 Å². The zero-order valence-electron chi connectivity index (χ0n) is 11.8. The van der Waals surface area contributed by atoms with Gasteiger partial charge >= 0.3 is 0 Å². The predicted molar refractivity (Wildman–Crippen MR) is 83.1 cm³/mol. The minimum Gasteiger partial charge on any atom is -0.381 e. The lowest BCUT2D eigenvalue weighted by molar-refractivity contribution is 0.0956. The number of carbonyl (C=O) groups excluding carboxylic acids is 1. The molecule has 4 heteroatoms. The average molecular weight is 278 g/mol. The van der Waals surface area contributed by atoms with Crippen LogP contribution in [0.3, 0.4) is 0 Å². The highest BCUT2D eigenvalue weighted by atomic mass is 32.2. The Labute approximate surface area is 119 Å². The molecule has 1 amide bonds. The van der Waals surface area contributed by atoms with Crippen LogP contribution in [0.1, 0.15) is 36.2 Å². The third kappa shape index (κ3) is 3.66. The van der Waals surface area contributed by atoms with E-state index in [0.717, 1.165) is 22.3 Å². The lowest BCUT2D eigenvalue weighted by atomic mass is 10.1. The SMILES string of the molecule is CCNC(=O)c1ccc(C)c(NC2CSC(C)C2)c1. The van der Waals surface area contributed by atoms with Gasteiger partial charge in [-0.1, -0.05) is 13.0 Å². The van der Waals surface area contributed by atoms with E-state index in [1.807, 2.05) is 36.9 Å². The van der Waals surface area contributed by atoms with Gasteiger partial charge in [0.15, 0.2) is 0 Å². The zero-order chi connectivity index (χ0) is 13.8. The van der Waals surface area contributed by atoms with Crippen LogP contribution < -0.4 is 10.6 Å². The Morgan fingerprint density at radius 3 is 2.89 bits per heavy atom. The number of thioether (sulfide) groups is 1. The average Bonchev–Trinajstić information content (AvgIpc) is 2.78. The maximum atomic E-state index is 11.9. The molecule has 2 unspecified atom stereocenters. The van der Waals surface area contributed by atoms with Crippen molar-refractivity contribution in [1.82, 2.24) is 5.32 Å². The van der Waals surface area contributed by atoms with Crippen molar-refractivity contribution in [2.24, 2.45) is 0 Å². The number of amides is 1. The number of anilines is 1. The number of carbonyl (C=O) groups is 1. The normalized spacial score (nSPS) is 22.3. The van der Waals surface area contributed by atoms with Gasteiger partial charge in [-0.25, -0.2) is 0 Å². The van der Waals surface area contributed by atoms with Crippen LogP contribution in [0.4, 0.5) is 5.69 Å². The molecule has 0 spiro atoms. The molecular formula is C15H22N2OS. The van der Waals surface area contributed by atoms with Gasteiger partial charge in [-0.3, -0.25) is 4.79 Å². The van der Waals surface area contributed by atoms with Crippen molar-refractivity contribution in [1.29, 1.82) is 0 Å². The molecule has 0 aromatic heterocycles. The quantitative estimate of drug-likeness (QED) is 0.889. The molecule has 104 valence electrons. The van der Waals surface area contributed by atoms with E-state index in [2.05, 4.69) is 24.5 Å². The molecule has 19 heavy (non-hydrogen) atoms. The number of rotatable bonds is 4. The highest BCUT2D eigenvalue weighted by molar-refractivity contribution is 8.00. The van der Waals surface area contributed by atoms with Crippen molar-refractivity contribution in [3.05, 3.63) is 29.3 Å². The molecule has 0 saturated carbocycles. The Bertz CT molecular complexity index is 461. The van der Waals surface area contributed by atoms with Gasteiger partial charge in [0.05, 0.1) is 0 Å². The molecule has 1 heterocycles. The Kier molecular flexibility index (Phi) is 4.75. The minimum absolute atomic E-state index is 0.000264. The molecule has 1 aromatic carbocycles. The minimum atomic E-state index is -0.000264. The second-order valence-corrected chi connectivity index (χ2v) is 6.58. The summed E-state index contributed by atoms with van der Waals surface area (Å²) in [4.78, 5) is 11.9. The standard InChI is InChI=1S/C15H22N2OS/c1-4-16-15(18)12-6-5-10(2)14(8-12)17-13-7-11(3)19-9-13/h5-6,8,11,13,17H,4,7,9H2,1-3H3,(H,16,18). The van der Waals surface area contributed by atoms with Crippen LogP contribution in [0.15, 0.2) is 18.2 Å². The van der Waals surface area contributed by atoms with Gasteiger partial charge in [0.2, 0.25) is 0 Å². The summed E-state index contributed by atoms with van der Waals surface area (Å²) in [6, 6.07) is 6.38. The smallest absolute Gasteiger partial charge is 0.251 e. The van der Waals surface area contributed by atoms with E-state index in [1.54, 1.807) is 0 Å². The molecular weight excluding hydrogens is 256 g/mol. The number of hydrogen-bond acceptors (Lipinski definition) is 3. The number of benzene rings is 1. The molecule has 2 rings (SSSR count). The van der Waals surface area contributed by atoms with E-state index in [1.165, 1.54) is 12.0 Å². The first-order valence-corrected chi connectivity index (χ1v) is 7.92. The fraction of sp³-hybridized carbons (Fsp3) is 0.533. The fourth-order valence-electron chi connectivity index (χ4n) is 2.32. The first-order chi connectivity index (χ1) is 9.10. The second-order valence-electron chi connectivity index (χ2n) is 5.11. The van der Waals surface area contributed by atoms with Crippen LogP contribution in [0.2, 0.25) is 0 Å².